The molecule has 0 aromatic rings. The van der Waals surface area contributed by atoms with Gasteiger partial charge in [0.2, 0.25) is 5.91 Å². The first-order valence-corrected chi connectivity index (χ1v) is 12.9. The number of piperidine rings is 1. The molecule has 1 fully saturated rings. The highest BCUT2D eigenvalue weighted by atomic mass is 35.5. The van der Waals surface area contributed by atoms with Crippen molar-refractivity contribution in [2.75, 3.05) is 19.6 Å². The molecule has 3 rings (SSSR count). The van der Waals surface area contributed by atoms with Crippen LogP contribution in [0.25, 0.3) is 0 Å². The van der Waals surface area contributed by atoms with E-state index in [1.807, 2.05) is 0 Å². The van der Waals surface area contributed by atoms with Gasteiger partial charge in [0.15, 0.2) is 0 Å². The number of halogens is 4. The molecule has 4 atom stereocenters. The Morgan fingerprint density at radius 1 is 1.26 bits per heavy atom. The first-order valence-electron chi connectivity index (χ1n) is 12.5. The van der Waals surface area contributed by atoms with E-state index in [2.05, 4.69) is 60.9 Å². The maximum absolute atomic E-state index is 12.8. The molecule has 1 saturated heterocycles. The minimum Gasteiger partial charge on any atom is -0.412 e. The van der Waals surface area contributed by atoms with Crippen LogP contribution in [-0.2, 0) is 9.53 Å². The molecule has 220 valence electrons. The van der Waals surface area contributed by atoms with Crippen molar-refractivity contribution in [1.82, 2.24) is 10.2 Å². The van der Waals surface area contributed by atoms with E-state index in [4.69, 9.17) is 11.6 Å². The van der Waals surface area contributed by atoms with Crippen LogP contribution in [0.5, 0.6) is 0 Å². The largest absolute Gasteiger partial charge is 0.523 e. The lowest BCUT2D eigenvalue weighted by atomic mass is 9.69. The summed E-state index contributed by atoms with van der Waals surface area (Å²) < 4.78 is 41.7. The molecule has 1 heterocycles. The van der Waals surface area contributed by atoms with Gasteiger partial charge in [0, 0.05) is 25.6 Å². The quantitative estimate of drug-likeness (QED) is 0.411. The average molecular weight is 567 g/mol. The lowest BCUT2D eigenvalue weighted by Gasteiger charge is -2.46. The van der Waals surface area contributed by atoms with Crippen molar-refractivity contribution in [1.29, 1.82) is 0 Å². The zero-order chi connectivity index (χ0) is 25.8. The van der Waals surface area contributed by atoms with Crippen LogP contribution in [0.15, 0.2) is 47.6 Å². The number of ether oxygens (including phenoxy) is 1. The molecule has 38 heavy (non-hydrogen) atoms. The fourth-order valence-corrected chi connectivity index (χ4v) is 5.53. The average Bonchev–Trinajstić information content (AvgIpc) is 2.72. The van der Waals surface area contributed by atoms with Crippen molar-refractivity contribution >= 4 is 17.5 Å². The van der Waals surface area contributed by atoms with Gasteiger partial charge in [-0.05, 0) is 48.6 Å². The van der Waals surface area contributed by atoms with E-state index in [1.165, 1.54) is 17.7 Å². The lowest BCUT2D eigenvalue weighted by molar-refractivity contribution is -0.336. The number of hydrogen-bond acceptors (Lipinski definition) is 3. The first-order chi connectivity index (χ1) is 16.3. The molecular weight excluding hydrogens is 521 g/mol. The third-order valence-electron chi connectivity index (χ3n) is 7.19. The smallest absolute Gasteiger partial charge is 0.412 e. The van der Waals surface area contributed by atoms with Gasteiger partial charge in [0.05, 0.1) is 11.5 Å². The van der Waals surface area contributed by atoms with Gasteiger partial charge in [-0.1, -0.05) is 77.2 Å². The summed E-state index contributed by atoms with van der Waals surface area (Å²) in [7, 11) is 0. The second kappa shape index (κ2) is 15.2. The highest BCUT2D eigenvalue weighted by Crippen LogP contribution is 2.41. The Bertz CT molecular complexity index is 884. The van der Waals surface area contributed by atoms with Crippen LogP contribution in [0.2, 0.25) is 0 Å². The van der Waals surface area contributed by atoms with Gasteiger partial charge < -0.3 is 21.2 Å². The lowest BCUT2D eigenvalue weighted by Crippen LogP contribution is -2.52. The summed E-state index contributed by atoms with van der Waals surface area (Å²) in [6.07, 6.45) is 7.41. The van der Waals surface area contributed by atoms with Crippen LogP contribution < -0.4 is 5.32 Å². The number of alkyl halides is 4. The summed E-state index contributed by atoms with van der Waals surface area (Å²) >= 11 is 6.21. The molecule has 0 saturated carbocycles. The predicted octanol–water partition coefficient (Wildman–Crippen LogP) is 5.14. The molecule has 0 bridgehead atoms. The van der Waals surface area contributed by atoms with Crippen molar-refractivity contribution in [2.45, 2.75) is 84.7 Å². The Labute approximate surface area is 230 Å². The number of likely N-dealkylation sites (tertiary alicyclic amines) is 1. The molecule has 2 unspecified atom stereocenters. The van der Waals surface area contributed by atoms with E-state index < -0.39 is 12.5 Å². The normalized spacial score (nSPS) is 25.8. The molecule has 0 radical (unpaired) electrons. The fourth-order valence-electron chi connectivity index (χ4n) is 5.37. The maximum atomic E-state index is 12.8. The van der Waals surface area contributed by atoms with Crippen molar-refractivity contribution in [3.63, 3.8) is 0 Å². The fraction of sp³-hybridized carbons (Fsp3) is 0.679. The van der Waals surface area contributed by atoms with Gasteiger partial charge in [-0.2, -0.15) is 0 Å². The summed E-state index contributed by atoms with van der Waals surface area (Å²) in [6.45, 7) is 11.4. The van der Waals surface area contributed by atoms with Crippen molar-refractivity contribution in [3.05, 3.63) is 47.6 Å². The molecule has 6 nitrogen and oxygen atoms in total. The molecule has 1 amide bonds. The van der Waals surface area contributed by atoms with Gasteiger partial charge >= 0.3 is 6.36 Å². The van der Waals surface area contributed by atoms with E-state index in [1.54, 1.807) is 6.08 Å². The molecule has 2 aliphatic carbocycles. The number of allylic oxidation sites excluding steroid dienone is 6. The van der Waals surface area contributed by atoms with Crippen LogP contribution in [0, 0.1) is 17.3 Å². The highest BCUT2D eigenvalue weighted by Gasteiger charge is 2.38. The Kier molecular flexibility index (Phi) is 14.6. The maximum Gasteiger partial charge on any atom is 0.523 e. The second-order valence-electron chi connectivity index (χ2n) is 11.0. The van der Waals surface area contributed by atoms with Gasteiger partial charge in [-0.3, -0.25) is 9.53 Å². The number of nitrogens with one attached hydrogen (secondary N) is 1. The number of hydrogen-bond donors (Lipinski definition) is 1. The minimum absolute atomic E-state index is 0. The van der Waals surface area contributed by atoms with Gasteiger partial charge in [-0.25, -0.2) is 0 Å². The number of amides is 1. The predicted molar refractivity (Wildman–Crippen MR) is 148 cm³/mol. The van der Waals surface area contributed by atoms with Crippen LogP contribution in [-0.4, -0.2) is 65.3 Å². The molecule has 1 aliphatic heterocycles. The molecule has 3 aliphatic rings. The molecule has 0 aromatic heterocycles. The van der Waals surface area contributed by atoms with E-state index in [0.717, 1.165) is 32.5 Å². The number of carbonyl (C=O) groups is 1. The number of carbonyl (C=O) groups excluding carboxylic acids is 1. The molecule has 0 spiro atoms. The molecular formula is C28H46ClF3N2O4. The monoisotopic (exact) mass is 566 g/mol. The van der Waals surface area contributed by atoms with Gasteiger partial charge in [-0.15, -0.1) is 24.8 Å². The van der Waals surface area contributed by atoms with E-state index >= 15 is 0 Å². The highest BCUT2D eigenvalue weighted by molar-refractivity contribution is 6.22. The molecule has 0 aromatic carbocycles. The van der Waals surface area contributed by atoms with E-state index in [-0.39, 0.29) is 59.9 Å². The van der Waals surface area contributed by atoms with Gasteiger partial charge in [0.1, 0.15) is 0 Å². The van der Waals surface area contributed by atoms with Crippen molar-refractivity contribution in [3.8, 4) is 0 Å². The Hall–Kier alpha value is -1.65. The van der Waals surface area contributed by atoms with Crippen LogP contribution in [0.4, 0.5) is 13.2 Å². The summed E-state index contributed by atoms with van der Waals surface area (Å²) in [5, 5.41) is 3.22. The minimum atomic E-state index is -4.69. The molecule has 10 heteroatoms. The summed E-state index contributed by atoms with van der Waals surface area (Å²) in [5.41, 5.74) is 2.10. The van der Waals surface area contributed by atoms with E-state index in [0.29, 0.717) is 11.5 Å². The third kappa shape index (κ3) is 10.8. The van der Waals surface area contributed by atoms with E-state index in [9.17, 15) is 18.0 Å². The van der Waals surface area contributed by atoms with Gasteiger partial charge in [0.25, 0.3) is 0 Å². The van der Waals surface area contributed by atoms with Crippen LogP contribution >= 0.6 is 11.6 Å². The SMILES string of the molecule is C.CC(C)[C@H](CN1CC[C@H](C2=CCC(Cl)C=C2)C(C)(C)C1)NC(=O)CC1=CC=CC(OC(F)(F)F)C1.O.O. The zero-order valence-corrected chi connectivity index (χ0v) is 22.8. The summed E-state index contributed by atoms with van der Waals surface area (Å²) in [6, 6.07) is -0.0393. The molecule has 5 N–H and O–H groups in total. The third-order valence-corrected chi connectivity index (χ3v) is 7.51. The summed E-state index contributed by atoms with van der Waals surface area (Å²) in [5.74, 6) is 0.536. The Morgan fingerprint density at radius 3 is 2.50 bits per heavy atom. The standard InChI is InChI=1S/C27H38ClF3N2O2.CH4.2H2O/c1-18(2)24(32-25(34)15-19-6-5-7-22(14-19)35-27(29,30)31)16-33-13-12-23(26(3,4)17-33)20-8-10-21(28)11-9-20;;;/h5-10,18,21-24H,11-17H2,1-4H3,(H,32,34);1H4;2*1H2/t21?,22?,23-,24+;;;/m1.../s1. The Balaban J connectivity index is 0.00000456. The summed E-state index contributed by atoms with van der Waals surface area (Å²) in [4.78, 5) is 15.2. The van der Waals surface area contributed by atoms with Crippen molar-refractivity contribution in [2.24, 2.45) is 17.3 Å². The van der Waals surface area contributed by atoms with Crippen LogP contribution in [0.3, 0.4) is 0 Å². The number of rotatable bonds is 8. The zero-order valence-electron chi connectivity index (χ0n) is 22.1. The Morgan fingerprint density at radius 2 is 1.95 bits per heavy atom. The number of nitrogens with zero attached hydrogens (tertiary/aromatic N) is 1. The van der Waals surface area contributed by atoms with Crippen LogP contribution in [0.1, 0.15) is 60.8 Å². The second-order valence-corrected chi connectivity index (χ2v) is 11.6. The topological polar surface area (TPSA) is 105 Å². The first kappa shape index (κ1) is 36.4. The van der Waals surface area contributed by atoms with Crippen molar-refractivity contribution < 1.29 is 33.7 Å².